The van der Waals surface area contributed by atoms with Gasteiger partial charge < -0.3 is 15.1 Å². The summed E-state index contributed by atoms with van der Waals surface area (Å²) in [6.07, 6.45) is 1.32. The molecule has 1 aliphatic heterocycles. The van der Waals surface area contributed by atoms with Gasteiger partial charge in [-0.2, -0.15) is 5.26 Å². The van der Waals surface area contributed by atoms with Crippen LogP contribution in [-0.4, -0.2) is 53.0 Å². The fourth-order valence-corrected chi connectivity index (χ4v) is 4.44. The van der Waals surface area contributed by atoms with Gasteiger partial charge in [-0.3, -0.25) is 10.1 Å². The Balaban J connectivity index is 1.68. The number of nitriles is 1. The van der Waals surface area contributed by atoms with Gasteiger partial charge in [-0.1, -0.05) is 41.4 Å². The number of piperazine rings is 1. The van der Waals surface area contributed by atoms with Gasteiger partial charge in [0.2, 0.25) is 11.6 Å². The Morgan fingerprint density at radius 1 is 1.14 bits per heavy atom. The van der Waals surface area contributed by atoms with E-state index in [-0.39, 0.29) is 17.3 Å². The van der Waals surface area contributed by atoms with Gasteiger partial charge in [0, 0.05) is 41.9 Å². The fraction of sp³-hybridized carbons (Fsp3) is 0.292. The lowest BCUT2D eigenvalue weighted by atomic mass is 9.91. The van der Waals surface area contributed by atoms with E-state index in [0.717, 1.165) is 24.2 Å². The van der Waals surface area contributed by atoms with E-state index in [2.05, 4.69) is 26.3 Å². The normalized spacial score (nSPS) is 14.9. The lowest BCUT2D eigenvalue weighted by molar-refractivity contribution is -0.383. The molecule has 9 nitrogen and oxygen atoms in total. The average Bonchev–Trinajstić information content (AvgIpc) is 2.84. The van der Waals surface area contributed by atoms with Gasteiger partial charge in [0.25, 0.3) is 0 Å². The number of hydrogen-bond acceptors (Lipinski definition) is 8. The highest BCUT2D eigenvalue weighted by molar-refractivity contribution is 6.32. The van der Waals surface area contributed by atoms with Gasteiger partial charge >= 0.3 is 5.69 Å². The highest BCUT2D eigenvalue weighted by Crippen LogP contribution is 2.38. The van der Waals surface area contributed by atoms with Crippen molar-refractivity contribution in [3.8, 4) is 6.07 Å². The summed E-state index contributed by atoms with van der Waals surface area (Å²) in [4.78, 5) is 24.0. The lowest BCUT2D eigenvalue weighted by Gasteiger charge is -2.32. The van der Waals surface area contributed by atoms with Crippen LogP contribution in [0.25, 0.3) is 0 Å². The quantitative estimate of drug-likeness (QED) is 0.357. The highest BCUT2D eigenvalue weighted by atomic mass is 35.5. The Bertz CT molecular complexity index is 1290. The summed E-state index contributed by atoms with van der Waals surface area (Å²) >= 11 is 12.6. The minimum atomic E-state index is -0.593. The molecule has 11 heteroatoms. The maximum Gasteiger partial charge on any atom is 0.353 e. The van der Waals surface area contributed by atoms with E-state index >= 15 is 0 Å². The SMILES string of the molecule is Cc1cc(C(C#N)c2ccc(Cl)cc2)c(Cl)cc1Nc1ncnc(N2CCN(C)CC2)c1[N+](=O)[O-]. The van der Waals surface area contributed by atoms with Gasteiger partial charge in [0.05, 0.1) is 16.9 Å². The first-order chi connectivity index (χ1) is 16.8. The summed E-state index contributed by atoms with van der Waals surface area (Å²) in [5, 5.41) is 25.9. The predicted molar refractivity (Wildman–Crippen MR) is 137 cm³/mol. The van der Waals surface area contributed by atoms with Crippen LogP contribution in [0.3, 0.4) is 0 Å². The molecule has 1 atom stereocenters. The predicted octanol–water partition coefficient (Wildman–Crippen LogP) is 5.15. The van der Waals surface area contributed by atoms with Crippen molar-refractivity contribution in [3.05, 3.63) is 79.6 Å². The van der Waals surface area contributed by atoms with Crippen LogP contribution in [0.4, 0.5) is 23.0 Å². The van der Waals surface area contributed by atoms with E-state index in [1.165, 1.54) is 6.33 Å². The maximum atomic E-state index is 12.0. The van der Waals surface area contributed by atoms with Crippen LogP contribution in [0, 0.1) is 28.4 Å². The molecule has 3 aromatic rings. The fourth-order valence-electron chi connectivity index (χ4n) is 4.04. The number of hydrogen-bond donors (Lipinski definition) is 1. The molecule has 0 saturated carbocycles. The molecule has 4 rings (SSSR count). The van der Waals surface area contributed by atoms with E-state index in [4.69, 9.17) is 23.2 Å². The number of likely N-dealkylation sites (N-methyl/N-ethyl adjacent to an activating group) is 1. The number of nitro groups is 1. The molecule has 2 aromatic carbocycles. The van der Waals surface area contributed by atoms with Crippen molar-refractivity contribution in [1.29, 1.82) is 5.26 Å². The molecule has 1 unspecified atom stereocenters. The van der Waals surface area contributed by atoms with E-state index < -0.39 is 10.8 Å². The summed E-state index contributed by atoms with van der Waals surface area (Å²) in [6, 6.07) is 12.8. The topological polar surface area (TPSA) is 111 Å². The minimum Gasteiger partial charge on any atom is -0.348 e. The molecule has 35 heavy (non-hydrogen) atoms. The summed E-state index contributed by atoms with van der Waals surface area (Å²) in [6.45, 7) is 4.68. The molecule has 0 radical (unpaired) electrons. The standard InChI is InChI=1S/C24H23Cl2N7O2/c1-15-11-18(19(13-27)16-3-5-17(25)6-4-16)20(26)12-21(15)30-23-22(33(34)35)24(29-14-28-23)32-9-7-31(2)8-10-32/h3-6,11-12,14,19H,7-10H2,1-2H3,(H,28,29,30). The lowest BCUT2D eigenvalue weighted by Crippen LogP contribution is -2.45. The molecule has 1 N–H and O–H groups in total. The Morgan fingerprint density at radius 2 is 1.83 bits per heavy atom. The smallest absolute Gasteiger partial charge is 0.348 e. The average molecular weight is 512 g/mol. The number of aromatic nitrogens is 2. The summed E-state index contributed by atoms with van der Waals surface area (Å²) in [5.41, 5.74) is 2.52. The van der Waals surface area contributed by atoms with Gasteiger partial charge in [-0.15, -0.1) is 0 Å². The van der Waals surface area contributed by atoms with Crippen LogP contribution in [0.5, 0.6) is 0 Å². The van der Waals surface area contributed by atoms with Crippen molar-refractivity contribution in [3.63, 3.8) is 0 Å². The Labute approximate surface area is 213 Å². The van der Waals surface area contributed by atoms with E-state index in [1.807, 2.05) is 24.9 Å². The van der Waals surface area contributed by atoms with Crippen molar-refractivity contribution in [2.24, 2.45) is 0 Å². The molecule has 1 saturated heterocycles. The molecule has 1 aromatic heterocycles. The maximum absolute atomic E-state index is 12.0. The van der Waals surface area contributed by atoms with Gasteiger partial charge in [0.15, 0.2) is 0 Å². The number of anilines is 3. The second-order valence-corrected chi connectivity index (χ2v) is 9.21. The van der Waals surface area contributed by atoms with E-state index in [9.17, 15) is 15.4 Å². The Morgan fingerprint density at radius 3 is 2.46 bits per heavy atom. The van der Waals surface area contributed by atoms with Crippen LogP contribution < -0.4 is 10.2 Å². The van der Waals surface area contributed by atoms with Crippen molar-refractivity contribution >= 4 is 46.2 Å². The zero-order chi connectivity index (χ0) is 25.1. The third kappa shape index (κ3) is 5.30. The molecule has 0 bridgehead atoms. The van der Waals surface area contributed by atoms with Crippen molar-refractivity contribution in [2.45, 2.75) is 12.8 Å². The molecule has 0 aliphatic carbocycles. The van der Waals surface area contributed by atoms with Gasteiger partial charge in [-0.25, -0.2) is 9.97 Å². The molecule has 1 fully saturated rings. The molecule has 180 valence electrons. The summed E-state index contributed by atoms with van der Waals surface area (Å²) in [7, 11) is 2.01. The molecule has 1 aliphatic rings. The Hall–Kier alpha value is -3.45. The summed E-state index contributed by atoms with van der Waals surface area (Å²) in [5.74, 6) is -0.224. The van der Waals surface area contributed by atoms with Crippen LogP contribution in [0.15, 0.2) is 42.7 Å². The molecular formula is C24H23Cl2N7O2. The first-order valence-electron chi connectivity index (χ1n) is 10.9. The molecule has 2 heterocycles. The monoisotopic (exact) mass is 511 g/mol. The third-order valence-corrected chi connectivity index (χ3v) is 6.61. The number of nitrogens with one attached hydrogen (secondary N) is 1. The first-order valence-corrected chi connectivity index (χ1v) is 11.7. The number of aryl methyl sites for hydroxylation is 1. The second kappa shape index (κ2) is 10.4. The van der Waals surface area contributed by atoms with Gasteiger partial charge in [0.1, 0.15) is 6.33 Å². The Kier molecular flexibility index (Phi) is 7.36. The number of nitrogens with zero attached hydrogens (tertiary/aromatic N) is 6. The molecule has 0 amide bonds. The van der Waals surface area contributed by atoms with Crippen LogP contribution in [0.1, 0.15) is 22.6 Å². The zero-order valence-corrected chi connectivity index (χ0v) is 20.7. The van der Waals surface area contributed by atoms with E-state index in [0.29, 0.717) is 34.4 Å². The van der Waals surface area contributed by atoms with Crippen molar-refractivity contribution in [2.75, 3.05) is 43.4 Å². The number of rotatable bonds is 6. The minimum absolute atomic E-state index is 0.0837. The number of halogens is 2. The van der Waals surface area contributed by atoms with Crippen LogP contribution >= 0.6 is 23.2 Å². The second-order valence-electron chi connectivity index (χ2n) is 8.37. The zero-order valence-electron chi connectivity index (χ0n) is 19.2. The first kappa shape index (κ1) is 24.7. The highest BCUT2D eigenvalue weighted by Gasteiger charge is 2.29. The summed E-state index contributed by atoms with van der Waals surface area (Å²) < 4.78 is 0. The van der Waals surface area contributed by atoms with Crippen LogP contribution in [0.2, 0.25) is 10.0 Å². The van der Waals surface area contributed by atoms with Crippen molar-refractivity contribution < 1.29 is 4.92 Å². The van der Waals surface area contributed by atoms with Crippen molar-refractivity contribution in [1.82, 2.24) is 14.9 Å². The van der Waals surface area contributed by atoms with Crippen LogP contribution in [-0.2, 0) is 0 Å². The van der Waals surface area contributed by atoms with Gasteiger partial charge in [-0.05, 0) is 48.9 Å². The molecule has 0 spiro atoms. The third-order valence-electron chi connectivity index (χ3n) is 6.03. The number of benzene rings is 2. The molecular weight excluding hydrogens is 489 g/mol. The van der Waals surface area contributed by atoms with E-state index in [1.54, 1.807) is 30.3 Å². The largest absolute Gasteiger partial charge is 0.353 e.